The predicted octanol–water partition coefficient (Wildman–Crippen LogP) is 6.05. The van der Waals surface area contributed by atoms with Crippen LogP contribution in [0.5, 0.6) is 11.5 Å². The molecule has 0 saturated carbocycles. The van der Waals surface area contributed by atoms with E-state index in [0.29, 0.717) is 27.5 Å². The zero-order chi connectivity index (χ0) is 22.5. The molecule has 6 nitrogen and oxygen atoms in total. The van der Waals surface area contributed by atoms with Gasteiger partial charge in [0.05, 0.1) is 10.2 Å². The lowest BCUT2D eigenvalue weighted by molar-refractivity contribution is -0.0497. The van der Waals surface area contributed by atoms with E-state index in [1.807, 2.05) is 24.3 Å². The van der Waals surface area contributed by atoms with E-state index in [2.05, 4.69) is 21.6 Å². The van der Waals surface area contributed by atoms with Gasteiger partial charge >= 0.3 is 6.61 Å². The summed E-state index contributed by atoms with van der Waals surface area (Å²) < 4.78 is 41.2. The van der Waals surface area contributed by atoms with Gasteiger partial charge in [-0.1, -0.05) is 35.6 Å². The average Bonchev–Trinajstić information content (AvgIpc) is 3.39. The Kier molecular flexibility index (Phi) is 6.46. The number of rotatable bonds is 9. The van der Waals surface area contributed by atoms with E-state index in [-0.39, 0.29) is 18.1 Å². The van der Waals surface area contributed by atoms with Gasteiger partial charge in [-0.3, -0.25) is 10.1 Å². The summed E-state index contributed by atoms with van der Waals surface area (Å²) in [5, 5.41) is 2.97. The fraction of sp³-hybridized carbons (Fsp3) is 0.130. The van der Waals surface area contributed by atoms with Crippen molar-refractivity contribution in [3.8, 4) is 11.5 Å². The maximum absolute atomic E-state index is 12.5. The van der Waals surface area contributed by atoms with Crippen molar-refractivity contribution in [1.82, 2.24) is 4.98 Å². The van der Waals surface area contributed by atoms with Crippen molar-refractivity contribution >= 4 is 32.6 Å². The summed E-state index contributed by atoms with van der Waals surface area (Å²) in [5.74, 6) is 0.857. The Morgan fingerprint density at radius 1 is 1.22 bits per heavy atom. The van der Waals surface area contributed by atoms with Crippen LogP contribution in [0.25, 0.3) is 10.2 Å². The molecular formula is C23H18F2N2O4S. The molecule has 0 unspecified atom stereocenters. The van der Waals surface area contributed by atoms with Crippen LogP contribution < -0.4 is 14.8 Å². The second-order valence-corrected chi connectivity index (χ2v) is 7.67. The van der Waals surface area contributed by atoms with Crippen LogP contribution in [0.3, 0.4) is 0 Å². The Morgan fingerprint density at radius 3 is 2.88 bits per heavy atom. The number of halogens is 2. The zero-order valence-corrected chi connectivity index (χ0v) is 17.5. The molecule has 0 aliphatic heterocycles. The van der Waals surface area contributed by atoms with Gasteiger partial charge in [0.1, 0.15) is 23.9 Å². The van der Waals surface area contributed by atoms with Crippen LogP contribution in [-0.2, 0) is 13.0 Å². The quantitative estimate of drug-likeness (QED) is 0.310. The minimum absolute atomic E-state index is 0.0272. The maximum Gasteiger partial charge on any atom is 0.387 e. The summed E-state index contributed by atoms with van der Waals surface area (Å²) in [5.41, 5.74) is 1.56. The summed E-state index contributed by atoms with van der Waals surface area (Å²) in [6.45, 7) is 0.995. The number of para-hydroxylation sites is 1. The molecule has 0 aliphatic rings. The number of carbonyl (C=O) groups excluding carboxylic acids is 1. The number of furan rings is 1. The SMILES string of the molecule is C=CCc1ccccc1OCc1ccc(C(=O)Nc2nc3ccc(OC(F)F)cc3s2)o1. The Hall–Kier alpha value is -3.72. The van der Waals surface area contributed by atoms with E-state index >= 15 is 0 Å². The van der Waals surface area contributed by atoms with E-state index in [0.717, 1.165) is 22.6 Å². The highest BCUT2D eigenvalue weighted by Crippen LogP contribution is 2.30. The Bertz CT molecular complexity index is 1250. The number of hydrogen-bond donors (Lipinski definition) is 1. The number of hydrogen-bond acceptors (Lipinski definition) is 6. The third kappa shape index (κ3) is 5.12. The number of carbonyl (C=O) groups is 1. The van der Waals surface area contributed by atoms with Crippen LogP contribution in [0.1, 0.15) is 21.9 Å². The van der Waals surface area contributed by atoms with Crippen molar-refractivity contribution in [3.63, 3.8) is 0 Å². The summed E-state index contributed by atoms with van der Waals surface area (Å²) in [6.07, 6.45) is 2.48. The molecule has 0 atom stereocenters. The van der Waals surface area contributed by atoms with Gasteiger partial charge in [0.25, 0.3) is 5.91 Å². The number of fused-ring (bicyclic) bond motifs is 1. The summed E-state index contributed by atoms with van der Waals surface area (Å²) in [6, 6.07) is 15.2. The minimum atomic E-state index is -2.91. The van der Waals surface area contributed by atoms with Gasteiger partial charge in [0.15, 0.2) is 10.9 Å². The van der Waals surface area contributed by atoms with Crippen molar-refractivity contribution in [2.24, 2.45) is 0 Å². The number of nitrogens with zero attached hydrogens (tertiary/aromatic N) is 1. The summed E-state index contributed by atoms with van der Waals surface area (Å²) in [7, 11) is 0. The third-order valence-electron chi connectivity index (χ3n) is 4.40. The molecule has 4 aromatic rings. The molecule has 4 rings (SSSR count). The number of benzene rings is 2. The van der Waals surface area contributed by atoms with Gasteiger partial charge in [-0.25, -0.2) is 4.98 Å². The number of anilines is 1. The zero-order valence-electron chi connectivity index (χ0n) is 16.7. The molecule has 2 aromatic heterocycles. The molecule has 1 amide bonds. The van der Waals surface area contributed by atoms with E-state index in [1.54, 1.807) is 24.3 Å². The van der Waals surface area contributed by atoms with Gasteiger partial charge in [0.2, 0.25) is 0 Å². The van der Waals surface area contributed by atoms with E-state index in [1.165, 1.54) is 12.1 Å². The van der Waals surface area contributed by atoms with Gasteiger partial charge in [-0.2, -0.15) is 8.78 Å². The van der Waals surface area contributed by atoms with Gasteiger partial charge in [-0.05, 0) is 48.4 Å². The van der Waals surface area contributed by atoms with E-state index in [9.17, 15) is 13.6 Å². The molecular weight excluding hydrogens is 438 g/mol. The van der Waals surface area contributed by atoms with Crippen LogP contribution in [0.2, 0.25) is 0 Å². The predicted molar refractivity (Wildman–Crippen MR) is 118 cm³/mol. The topological polar surface area (TPSA) is 73.6 Å². The Labute approximate surface area is 186 Å². The van der Waals surface area contributed by atoms with Gasteiger partial charge < -0.3 is 13.9 Å². The fourth-order valence-electron chi connectivity index (χ4n) is 2.99. The van der Waals surface area contributed by atoms with Crippen molar-refractivity contribution in [2.75, 3.05) is 5.32 Å². The van der Waals surface area contributed by atoms with Crippen molar-refractivity contribution in [2.45, 2.75) is 19.6 Å². The van der Waals surface area contributed by atoms with Crippen molar-refractivity contribution < 1.29 is 27.5 Å². The number of alkyl halides is 2. The molecule has 0 fully saturated rings. The smallest absolute Gasteiger partial charge is 0.387 e. The van der Waals surface area contributed by atoms with Crippen LogP contribution in [0.4, 0.5) is 13.9 Å². The molecule has 2 heterocycles. The molecule has 9 heteroatoms. The van der Waals surface area contributed by atoms with Crippen LogP contribution in [0, 0.1) is 0 Å². The molecule has 32 heavy (non-hydrogen) atoms. The lowest BCUT2D eigenvalue weighted by Gasteiger charge is -2.08. The van der Waals surface area contributed by atoms with E-state index in [4.69, 9.17) is 9.15 Å². The lowest BCUT2D eigenvalue weighted by atomic mass is 10.1. The number of aromatic nitrogens is 1. The molecule has 0 radical (unpaired) electrons. The first-order chi connectivity index (χ1) is 15.5. The number of allylic oxidation sites excluding steroid dienone is 1. The molecule has 0 aliphatic carbocycles. The number of nitrogens with one attached hydrogen (secondary N) is 1. The lowest BCUT2D eigenvalue weighted by Crippen LogP contribution is -2.10. The number of thiazole rings is 1. The highest BCUT2D eigenvalue weighted by atomic mass is 32.1. The normalized spacial score (nSPS) is 11.0. The maximum atomic E-state index is 12.5. The van der Waals surface area contributed by atoms with Crippen molar-refractivity contribution in [1.29, 1.82) is 0 Å². The first-order valence-electron chi connectivity index (χ1n) is 9.59. The fourth-order valence-corrected chi connectivity index (χ4v) is 3.88. The molecule has 0 saturated heterocycles. The molecule has 0 bridgehead atoms. The Balaban J connectivity index is 1.40. The number of ether oxygens (including phenoxy) is 2. The number of amides is 1. The second kappa shape index (κ2) is 9.61. The summed E-state index contributed by atoms with van der Waals surface area (Å²) in [4.78, 5) is 16.8. The third-order valence-corrected chi connectivity index (χ3v) is 5.33. The van der Waals surface area contributed by atoms with Crippen LogP contribution >= 0.6 is 11.3 Å². The molecule has 1 N–H and O–H groups in total. The van der Waals surface area contributed by atoms with Crippen LogP contribution in [-0.4, -0.2) is 17.5 Å². The molecule has 0 spiro atoms. The standard InChI is InChI=1S/C23H18F2N2O4S/c1-2-5-14-6-3-4-7-18(14)29-13-16-9-11-19(30-16)21(28)27-23-26-17-10-8-15(31-22(24)25)12-20(17)32-23/h2-4,6-12,22H,1,5,13H2,(H,26,27,28). The molecule has 2 aromatic carbocycles. The largest absolute Gasteiger partial charge is 0.485 e. The van der Waals surface area contributed by atoms with Gasteiger partial charge in [-0.15, -0.1) is 6.58 Å². The highest BCUT2D eigenvalue weighted by molar-refractivity contribution is 7.22. The van der Waals surface area contributed by atoms with Crippen molar-refractivity contribution in [3.05, 3.63) is 84.3 Å². The second-order valence-electron chi connectivity index (χ2n) is 6.64. The monoisotopic (exact) mass is 456 g/mol. The summed E-state index contributed by atoms with van der Waals surface area (Å²) >= 11 is 1.14. The average molecular weight is 456 g/mol. The molecule has 164 valence electrons. The van der Waals surface area contributed by atoms with Crippen LogP contribution in [0.15, 0.2) is 71.7 Å². The Morgan fingerprint density at radius 2 is 2.06 bits per heavy atom. The van der Waals surface area contributed by atoms with E-state index < -0.39 is 12.5 Å². The highest BCUT2D eigenvalue weighted by Gasteiger charge is 2.15. The first-order valence-corrected chi connectivity index (χ1v) is 10.4. The first kappa shape index (κ1) is 21.5. The minimum Gasteiger partial charge on any atom is -0.485 e. The van der Waals surface area contributed by atoms with Gasteiger partial charge in [0, 0.05) is 0 Å².